The first-order chi connectivity index (χ1) is 6.61. The molecule has 1 fully saturated rings. The summed E-state index contributed by atoms with van der Waals surface area (Å²) in [5.41, 5.74) is 5.71. The second-order valence-electron chi connectivity index (χ2n) is 4.82. The van der Waals surface area contributed by atoms with E-state index in [0.717, 1.165) is 24.7 Å². The lowest BCUT2D eigenvalue weighted by atomic mass is 9.87. The molecule has 0 unspecified atom stereocenters. The van der Waals surface area contributed by atoms with Crippen LogP contribution in [-0.4, -0.2) is 11.8 Å². The summed E-state index contributed by atoms with van der Waals surface area (Å²) in [7, 11) is 0. The molecule has 82 valence electrons. The molecule has 0 spiro atoms. The molecule has 14 heavy (non-hydrogen) atoms. The van der Waals surface area contributed by atoms with Crippen LogP contribution in [-0.2, 0) is 4.79 Å². The van der Waals surface area contributed by atoms with Crippen LogP contribution >= 0.6 is 0 Å². The molecule has 0 aromatic heterocycles. The van der Waals surface area contributed by atoms with Crippen LogP contribution in [0.5, 0.6) is 0 Å². The molecule has 1 rings (SSSR count). The van der Waals surface area contributed by atoms with Gasteiger partial charge in [0.05, 0.1) is 6.04 Å². The Bertz CT molecular complexity index is 185. The molecule has 1 aliphatic carbocycles. The second-order valence-corrected chi connectivity index (χ2v) is 4.82. The van der Waals surface area contributed by atoms with E-state index in [9.17, 15) is 4.79 Å². The average Bonchev–Trinajstić information content (AvgIpc) is 2.66. The third kappa shape index (κ3) is 3.41. The van der Waals surface area contributed by atoms with Gasteiger partial charge >= 0.3 is 0 Å². The highest BCUT2D eigenvalue weighted by atomic mass is 16.1. The minimum absolute atomic E-state index is 0.128. The summed E-state index contributed by atoms with van der Waals surface area (Å²) < 4.78 is 0. The maximum atomic E-state index is 11.0. The molecule has 1 saturated carbocycles. The first kappa shape index (κ1) is 11.7. The smallest absolute Gasteiger partial charge is 0.146 e. The Labute approximate surface area is 87.2 Å². The minimum Gasteiger partial charge on any atom is -0.322 e. The van der Waals surface area contributed by atoms with E-state index in [0.29, 0.717) is 0 Å². The molecular formula is C12H23NO. The second kappa shape index (κ2) is 5.50. The van der Waals surface area contributed by atoms with Crippen LogP contribution in [0.4, 0.5) is 0 Å². The van der Waals surface area contributed by atoms with E-state index in [2.05, 4.69) is 6.92 Å². The van der Waals surface area contributed by atoms with Gasteiger partial charge in [-0.3, -0.25) is 4.79 Å². The number of carbonyl (C=O) groups excluding carboxylic acids is 1. The van der Waals surface area contributed by atoms with Gasteiger partial charge in [-0.25, -0.2) is 0 Å². The van der Waals surface area contributed by atoms with Crippen LogP contribution < -0.4 is 5.73 Å². The summed E-state index contributed by atoms with van der Waals surface area (Å²) in [5, 5.41) is 0. The molecule has 0 aromatic carbocycles. The highest BCUT2D eigenvalue weighted by Crippen LogP contribution is 2.33. The summed E-state index contributed by atoms with van der Waals surface area (Å²) in [6.07, 6.45) is 7.55. The van der Waals surface area contributed by atoms with Gasteiger partial charge in [0.15, 0.2) is 0 Å². The minimum atomic E-state index is -0.223. The first-order valence-corrected chi connectivity index (χ1v) is 5.87. The summed E-state index contributed by atoms with van der Waals surface area (Å²) in [6.45, 7) is 3.90. The van der Waals surface area contributed by atoms with E-state index >= 15 is 0 Å². The van der Waals surface area contributed by atoms with Crippen molar-refractivity contribution in [2.75, 3.05) is 0 Å². The van der Waals surface area contributed by atoms with Crippen molar-refractivity contribution in [3.05, 3.63) is 0 Å². The summed E-state index contributed by atoms with van der Waals surface area (Å²) >= 11 is 0. The number of Topliss-reactive ketones (excluding diaryl/α,β-unsaturated/α-hetero) is 1. The highest BCUT2D eigenvalue weighted by Gasteiger charge is 2.22. The third-order valence-electron chi connectivity index (χ3n) is 3.66. The third-order valence-corrected chi connectivity index (χ3v) is 3.66. The lowest BCUT2D eigenvalue weighted by Crippen LogP contribution is -2.29. The number of nitrogens with two attached hydrogens (primary N) is 1. The molecule has 0 radical (unpaired) electrons. The monoisotopic (exact) mass is 197 g/mol. The number of hydrogen-bond donors (Lipinski definition) is 1. The van der Waals surface area contributed by atoms with Crippen molar-refractivity contribution >= 4 is 5.78 Å². The Morgan fingerprint density at radius 3 is 2.43 bits per heavy atom. The normalized spacial score (nSPS) is 22.2. The topological polar surface area (TPSA) is 43.1 Å². The van der Waals surface area contributed by atoms with Gasteiger partial charge in [-0.1, -0.05) is 32.6 Å². The number of carbonyl (C=O) groups is 1. The molecule has 1 aliphatic rings. The van der Waals surface area contributed by atoms with Crippen molar-refractivity contribution in [3.8, 4) is 0 Å². The Hall–Kier alpha value is -0.370. The lowest BCUT2D eigenvalue weighted by molar-refractivity contribution is -0.118. The number of rotatable bonds is 5. The van der Waals surface area contributed by atoms with Crippen LogP contribution in [0.25, 0.3) is 0 Å². The lowest BCUT2D eigenvalue weighted by Gasteiger charge is -2.19. The maximum Gasteiger partial charge on any atom is 0.146 e. The van der Waals surface area contributed by atoms with E-state index in [1.54, 1.807) is 6.92 Å². The SMILES string of the molecule is CC(=O)[C@@H](N)CC[C@H](C)C1CCCC1. The molecule has 0 amide bonds. The zero-order valence-corrected chi connectivity index (χ0v) is 9.46. The predicted octanol–water partition coefficient (Wildman–Crippen LogP) is 2.51. The van der Waals surface area contributed by atoms with Crippen LogP contribution in [0, 0.1) is 11.8 Å². The zero-order chi connectivity index (χ0) is 10.6. The van der Waals surface area contributed by atoms with Crippen LogP contribution in [0.3, 0.4) is 0 Å². The fraction of sp³-hybridized carbons (Fsp3) is 0.917. The summed E-state index contributed by atoms with van der Waals surface area (Å²) in [6, 6.07) is -0.223. The van der Waals surface area contributed by atoms with Crippen molar-refractivity contribution in [1.82, 2.24) is 0 Å². The molecule has 0 saturated heterocycles. The molecule has 0 aromatic rings. The maximum absolute atomic E-state index is 11.0. The van der Waals surface area contributed by atoms with Gasteiger partial charge in [0.2, 0.25) is 0 Å². The quantitative estimate of drug-likeness (QED) is 0.736. The molecule has 2 N–H and O–H groups in total. The molecule has 2 atom stereocenters. The molecule has 0 aliphatic heterocycles. The van der Waals surface area contributed by atoms with E-state index in [1.165, 1.54) is 25.7 Å². The Kier molecular flexibility index (Phi) is 4.59. The predicted molar refractivity (Wildman–Crippen MR) is 59.0 cm³/mol. The Balaban J connectivity index is 2.19. The summed E-state index contributed by atoms with van der Waals surface area (Å²) in [4.78, 5) is 11.0. The van der Waals surface area contributed by atoms with Gasteiger partial charge in [-0.2, -0.15) is 0 Å². The van der Waals surface area contributed by atoms with Crippen LogP contribution in [0.15, 0.2) is 0 Å². The van der Waals surface area contributed by atoms with Crippen molar-refractivity contribution in [2.24, 2.45) is 17.6 Å². The number of ketones is 1. The van der Waals surface area contributed by atoms with Gasteiger partial charge in [0, 0.05) is 0 Å². The molecular weight excluding hydrogens is 174 g/mol. The van der Waals surface area contributed by atoms with E-state index in [1.807, 2.05) is 0 Å². The van der Waals surface area contributed by atoms with Gasteiger partial charge in [0.1, 0.15) is 5.78 Å². The standard InChI is InChI=1S/C12H23NO/c1-9(11-5-3-4-6-11)7-8-12(13)10(2)14/h9,11-12H,3-8,13H2,1-2H3/t9-,12-/m0/s1. The van der Waals surface area contributed by atoms with E-state index in [-0.39, 0.29) is 11.8 Å². The van der Waals surface area contributed by atoms with Crippen molar-refractivity contribution in [2.45, 2.75) is 58.4 Å². The number of hydrogen-bond acceptors (Lipinski definition) is 2. The van der Waals surface area contributed by atoms with Crippen molar-refractivity contribution < 1.29 is 4.79 Å². The van der Waals surface area contributed by atoms with Gasteiger partial charge in [-0.05, 0) is 31.6 Å². The fourth-order valence-electron chi connectivity index (χ4n) is 2.41. The Morgan fingerprint density at radius 2 is 1.93 bits per heavy atom. The molecule has 2 nitrogen and oxygen atoms in total. The van der Waals surface area contributed by atoms with Crippen molar-refractivity contribution in [3.63, 3.8) is 0 Å². The zero-order valence-electron chi connectivity index (χ0n) is 9.46. The largest absolute Gasteiger partial charge is 0.322 e. The van der Waals surface area contributed by atoms with Crippen molar-refractivity contribution in [1.29, 1.82) is 0 Å². The summed E-state index contributed by atoms with van der Waals surface area (Å²) in [5.74, 6) is 1.78. The van der Waals surface area contributed by atoms with Gasteiger partial charge < -0.3 is 5.73 Å². The first-order valence-electron chi connectivity index (χ1n) is 5.87. The molecule has 2 heteroatoms. The fourth-order valence-corrected chi connectivity index (χ4v) is 2.41. The molecule has 0 bridgehead atoms. The van der Waals surface area contributed by atoms with Gasteiger partial charge in [-0.15, -0.1) is 0 Å². The average molecular weight is 197 g/mol. The van der Waals surface area contributed by atoms with E-state index < -0.39 is 0 Å². The molecule has 0 heterocycles. The van der Waals surface area contributed by atoms with Gasteiger partial charge in [0.25, 0.3) is 0 Å². The van der Waals surface area contributed by atoms with Crippen LogP contribution in [0.1, 0.15) is 52.4 Å². The Morgan fingerprint density at radius 1 is 1.36 bits per heavy atom. The van der Waals surface area contributed by atoms with E-state index in [4.69, 9.17) is 5.73 Å². The van der Waals surface area contributed by atoms with Crippen LogP contribution in [0.2, 0.25) is 0 Å². The highest BCUT2D eigenvalue weighted by molar-refractivity contribution is 5.81.